The van der Waals surface area contributed by atoms with E-state index in [-0.39, 0.29) is 6.10 Å². The van der Waals surface area contributed by atoms with E-state index in [2.05, 4.69) is 31.3 Å². The summed E-state index contributed by atoms with van der Waals surface area (Å²) >= 11 is 0. The van der Waals surface area contributed by atoms with Crippen LogP contribution in [0.25, 0.3) is 0 Å². The molecule has 1 aromatic carbocycles. The Bertz CT molecular complexity index is 375. The van der Waals surface area contributed by atoms with Gasteiger partial charge in [0, 0.05) is 31.5 Å². The van der Waals surface area contributed by atoms with E-state index in [9.17, 15) is 0 Å². The molecule has 0 amide bonds. The summed E-state index contributed by atoms with van der Waals surface area (Å²) in [6, 6.07) is 8.25. The van der Waals surface area contributed by atoms with Gasteiger partial charge < -0.3 is 14.8 Å². The third-order valence-corrected chi connectivity index (χ3v) is 3.68. The predicted octanol–water partition coefficient (Wildman–Crippen LogP) is 3.70. The van der Waals surface area contributed by atoms with Crippen molar-refractivity contribution in [1.29, 1.82) is 0 Å². The molecule has 1 aliphatic heterocycles. The lowest BCUT2D eigenvalue weighted by atomic mass is 10.0. The zero-order valence-electron chi connectivity index (χ0n) is 12.0. The summed E-state index contributed by atoms with van der Waals surface area (Å²) in [6.45, 7) is 7.07. The van der Waals surface area contributed by atoms with Gasteiger partial charge in [0.2, 0.25) is 0 Å². The van der Waals surface area contributed by atoms with E-state index in [1.54, 1.807) is 0 Å². The second-order valence-corrected chi connectivity index (χ2v) is 5.30. The highest BCUT2D eigenvalue weighted by atomic mass is 16.5. The summed E-state index contributed by atoms with van der Waals surface area (Å²) in [5.74, 6) is 1.68. The second-order valence-electron chi connectivity index (χ2n) is 5.30. The van der Waals surface area contributed by atoms with Gasteiger partial charge in [-0.1, -0.05) is 13.0 Å². The Labute approximate surface area is 116 Å². The number of hydrogen-bond acceptors (Lipinski definition) is 3. The molecular weight excluding hydrogens is 238 g/mol. The van der Waals surface area contributed by atoms with Crippen molar-refractivity contribution >= 4 is 5.69 Å². The molecule has 0 saturated carbocycles. The molecule has 106 valence electrons. The average Bonchev–Trinajstić information content (AvgIpc) is 2.46. The van der Waals surface area contributed by atoms with Gasteiger partial charge in [-0.05, 0) is 44.2 Å². The molecular formula is C16H25NO2. The first kappa shape index (κ1) is 14.2. The van der Waals surface area contributed by atoms with Crippen molar-refractivity contribution < 1.29 is 9.47 Å². The lowest BCUT2D eigenvalue weighted by molar-refractivity contribution is 0.0699. The number of nitrogens with one attached hydrogen (secondary N) is 1. The van der Waals surface area contributed by atoms with E-state index < -0.39 is 0 Å². The van der Waals surface area contributed by atoms with E-state index in [1.807, 2.05) is 12.1 Å². The molecule has 19 heavy (non-hydrogen) atoms. The van der Waals surface area contributed by atoms with Gasteiger partial charge in [0.05, 0.1) is 6.10 Å². The molecule has 0 aromatic heterocycles. The van der Waals surface area contributed by atoms with Gasteiger partial charge in [-0.15, -0.1) is 0 Å². The SMILES string of the molecule is CCC(C)Oc1cccc(NCC2CCOCC2)c1. The second kappa shape index (κ2) is 7.39. The normalized spacial score (nSPS) is 18.0. The van der Waals surface area contributed by atoms with E-state index in [0.717, 1.165) is 56.4 Å². The zero-order chi connectivity index (χ0) is 13.5. The molecule has 0 bridgehead atoms. The minimum Gasteiger partial charge on any atom is -0.491 e. The lowest BCUT2D eigenvalue weighted by Crippen LogP contribution is -2.22. The molecule has 1 unspecified atom stereocenters. The predicted molar refractivity (Wildman–Crippen MR) is 78.9 cm³/mol. The summed E-state index contributed by atoms with van der Waals surface area (Å²) in [5.41, 5.74) is 1.15. The molecule has 1 heterocycles. The van der Waals surface area contributed by atoms with Crippen LogP contribution in [0.3, 0.4) is 0 Å². The summed E-state index contributed by atoms with van der Waals surface area (Å²) in [4.78, 5) is 0. The first-order chi connectivity index (χ1) is 9.28. The third-order valence-electron chi connectivity index (χ3n) is 3.68. The van der Waals surface area contributed by atoms with E-state index >= 15 is 0 Å². The molecule has 0 aliphatic carbocycles. The Hall–Kier alpha value is -1.22. The van der Waals surface area contributed by atoms with Crippen LogP contribution in [0, 0.1) is 5.92 Å². The molecule has 0 spiro atoms. The number of hydrogen-bond donors (Lipinski definition) is 1. The van der Waals surface area contributed by atoms with Crippen molar-refractivity contribution in [3.63, 3.8) is 0 Å². The summed E-state index contributed by atoms with van der Waals surface area (Å²) < 4.78 is 11.2. The molecule has 1 atom stereocenters. The van der Waals surface area contributed by atoms with Crippen LogP contribution in [0.15, 0.2) is 24.3 Å². The molecule has 1 aliphatic rings. The van der Waals surface area contributed by atoms with Gasteiger partial charge in [0.25, 0.3) is 0 Å². The third kappa shape index (κ3) is 4.75. The van der Waals surface area contributed by atoms with Crippen molar-refractivity contribution in [3.8, 4) is 5.75 Å². The van der Waals surface area contributed by atoms with Gasteiger partial charge in [-0.2, -0.15) is 0 Å². The maximum Gasteiger partial charge on any atom is 0.121 e. The molecule has 1 saturated heterocycles. The Kier molecular flexibility index (Phi) is 5.52. The zero-order valence-corrected chi connectivity index (χ0v) is 12.0. The highest BCUT2D eigenvalue weighted by molar-refractivity contribution is 5.48. The molecule has 3 heteroatoms. The first-order valence-corrected chi connectivity index (χ1v) is 7.36. The smallest absolute Gasteiger partial charge is 0.121 e. The average molecular weight is 263 g/mol. The van der Waals surface area contributed by atoms with Gasteiger partial charge in [0.1, 0.15) is 5.75 Å². The molecule has 1 fully saturated rings. The Balaban J connectivity index is 1.84. The van der Waals surface area contributed by atoms with Crippen LogP contribution in [0.2, 0.25) is 0 Å². The number of rotatable bonds is 6. The van der Waals surface area contributed by atoms with Crippen LogP contribution in [-0.4, -0.2) is 25.9 Å². The topological polar surface area (TPSA) is 30.5 Å². The molecule has 2 rings (SSSR count). The quantitative estimate of drug-likeness (QED) is 0.849. The fourth-order valence-electron chi connectivity index (χ4n) is 2.21. The highest BCUT2D eigenvalue weighted by Crippen LogP contribution is 2.21. The fourth-order valence-corrected chi connectivity index (χ4v) is 2.21. The van der Waals surface area contributed by atoms with Crippen LogP contribution >= 0.6 is 0 Å². The largest absolute Gasteiger partial charge is 0.491 e. The van der Waals surface area contributed by atoms with Crippen LogP contribution in [-0.2, 0) is 4.74 Å². The lowest BCUT2D eigenvalue weighted by Gasteiger charge is -2.23. The summed E-state index contributed by atoms with van der Waals surface area (Å²) in [7, 11) is 0. The minimum absolute atomic E-state index is 0.269. The number of anilines is 1. The van der Waals surface area contributed by atoms with Crippen molar-refractivity contribution in [1.82, 2.24) is 0 Å². The monoisotopic (exact) mass is 263 g/mol. The maximum atomic E-state index is 5.84. The van der Waals surface area contributed by atoms with Crippen molar-refractivity contribution in [2.24, 2.45) is 5.92 Å². The number of ether oxygens (including phenoxy) is 2. The fraction of sp³-hybridized carbons (Fsp3) is 0.625. The van der Waals surface area contributed by atoms with Crippen molar-refractivity contribution in [3.05, 3.63) is 24.3 Å². The summed E-state index contributed by atoms with van der Waals surface area (Å²) in [6.07, 6.45) is 3.62. The van der Waals surface area contributed by atoms with Gasteiger partial charge in [-0.25, -0.2) is 0 Å². The maximum absolute atomic E-state index is 5.84. The molecule has 1 N–H and O–H groups in total. The van der Waals surface area contributed by atoms with Crippen LogP contribution in [0.5, 0.6) is 5.75 Å². The minimum atomic E-state index is 0.269. The van der Waals surface area contributed by atoms with Crippen LogP contribution in [0.1, 0.15) is 33.1 Å². The van der Waals surface area contributed by atoms with Crippen molar-refractivity contribution in [2.75, 3.05) is 25.1 Å². The molecule has 3 nitrogen and oxygen atoms in total. The van der Waals surface area contributed by atoms with Crippen LogP contribution in [0.4, 0.5) is 5.69 Å². The van der Waals surface area contributed by atoms with Crippen molar-refractivity contribution in [2.45, 2.75) is 39.2 Å². The first-order valence-electron chi connectivity index (χ1n) is 7.36. The van der Waals surface area contributed by atoms with Gasteiger partial charge >= 0.3 is 0 Å². The van der Waals surface area contributed by atoms with E-state index in [4.69, 9.17) is 9.47 Å². The van der Waals surface area contributed by atoms with Gasteiger partial charge in [-0.3, -0.25) is 0 Å². The van der Waals surface area contributed by atoms with Gasteiger partial charge in [0.15, 0.2) is 0 Å². The Morgan fingerprint density at radius 2 is 2.16 bits per heavy atom. The summed E-state index contributed by atoms with van der Waals surface area (Å²) in [5, 5.41) is 3.51. The highest BCUT2D eigenvalue weighted by Gasteiger charge is 2.13. The standard InChI is InChI=1S/C16H25NO2/c1-3-13(2)19-16-6-4-5-15(11-16)17-12-14-7-9-18-10-8-14/h4-6,11,13-14,17H,3,7-10,12H2,1-2H3. The van der Waals surface area contributed by atoms with E-state index in [1.165, 1.54) is 0 Å². The molecule has 0 radical (unpaired) electrons. The number of benzene rings is 1. The molecule has 1 aromatic rings. The Morgan fingerprint density at radius 1 is 1.37 bits per heavy atom. The Morgan fingerprint density at radius 3 is 2.89 bits per heavy atom. The van der Waals surface area contributed by atoms with E-state index in [0.29, 0.717) is 0 Å². The van der Waals surface area contributed by atoms with Crippen LogP contribution < -0.4 is 10.1 Å².